The highest BCUT2D eigenvalue weighted by Crippen LogP contribution is 2.14. The zero-order valence-electron chi connectivity index (χ0n) is 16.7. The lowest BCUT2D eigenvalue weighted by atomic mass is 10.1. The number of piperazine rings is 1. The summed E-state index contributed by atoms with van der Waals surface area (Å²) in [6, 6.07) is 12.9. The van der Waals surface area contributed by atoms with Gasteiger partial charge in [-0.15, -0.1) is 0 Å². The smallest absolute Gasteiger partial charge is 0.227 e. The van der Waals surface area contributed by atoms with Crippen LogP contribution in [0.2, 0.25) is 0 Å². The van der Waals surface area contributed by atoms with Crippen LogP contribution in [0.4, 0.5) is 4.39 Å². The van der Waals surface area contributed by atoms with Gasteiger partial charge in [-0.05, 0) is 55.3 Å². The van der Waals surface area contributed by atoms with Gasteiger partial charge in [0.1, 0.15) is 5.82 Å². The molecule has 1 aliphatic heterocycles. The van der Waals surface area contributed by atoms with E-state index in [9.17, 15) is 17.6 Å². The molecule has 1 fully saturated rings. The van der Waals surface area contributed by atoms with Crippen molar-refractivity contribution in [2.24, 2.45) is 0 Å². The molecule has 5 nitrogen and oxygen atoms in total. The third kappa shape index (κ3) is 5.87. The van der Waals surface area contributed by atoms with Gasteiger partial charge in [-0.25, -0.2) is 12.8 Å². The second-order valence-corrected chi connectivity index (χ2v) is 9.56. The molecule has 1 heterocycles. The van der Waals surface area contributed by atoms with Crippen LogP contribution >= 0.6 is 0 Å². The molecule has 0 saturated carbocycles. The van der Waals surface area contributed by atoms with Gasteiger partial charge in [0, 0.05) is 26.2 Å². The van der Waals surface area contributed by atoms with Crippen LogP contribution in [0.3, 0.4) is 0 Å². The van der Waals surface area contributed by atoms with Crippen LogP contribution in [0.5, 0.6) is 0 Å². The second-order valence-electron chi connectivity index (χ2n) is 7.45. The Labute approximate surface area is 172 Å². The van der Waals surface area contributed by atoms with Crippen LogP contribution in [0.1, 0.15) is 17.5 Å². The lowest BCUT2D eigenvalue weighted by molar-refractivity contribution is -0.132. The molecule has 7 heteroatoms. The monoisotopic (exact) mass is 418 g/mol. The van der Waals surface area contributed by atoms with E-state index in [2.05, 4.69) is 4.90 Å². The molecule has 0 aliphatic carbocycles. The average Bonchev–Trinajstić information content (AvgIpc) is 2.70. The normalized spacial score (nSPS) is 15.4. The Bertz CT molecular complexity index is 937. The maximum atomic E-state index is 13.0. The minimum absolute atomic E-state index is 0.0328. The van der Waals surface area contributed by atoms with E-state index in [0.29, 0.717) is 32.5 Å². The van der Waals surface area contributed by atoms with Crippen molar-refractivity contribution in [3.63, 3.8) is 0 Å². The fourth-order valence-electron chi connectivity index (χ4n) is 3.54. The zero-order valence-corrected chi connectivity index (χ0v) is 17.5. The average molecular weight is 419 g/mol. The highest BCUT2D eigenvalue weighted by Gasteiger charge is 2.22. The molecule has 0 atom stereocenters. The first-order valence-corrected chi connectivity index (χ1v) is 11.5. The van der Waals surface area contributed by atoms with Crippen molar-refractivity contribution >= 4 is 15.7 Å². The topological polar surface area (TPSA) is 57.7 Å². The van der Waals surface area contributed by atoms with Crippen LogP contribution in [0.15, 0.2) is 53.4 Å². The van der Waals surface area contributed by atoms with Gasteiger partial charge in [-0.3, -0.25) is 9.69 Å². The number of hydrogen-bond donors (Lipinski definition) is 0. The summed E-state index contributed by atoms with van der Waals surface area (Å²) in [6.07, 6.45) is 0.930. The molecular formula is C22H27FN2O3S. The summed E-state index contributed by atoms with van der Waals surface area (Å²) >= 11 is 0. The van der Waals surface area contributed by atoms with Crippen LogP contribution in [0, 0.1) is 12.7 Å². The highest BCUT2D eigenvalue weighted by atomic mass is 32.2. The van der Waals surface area contributed by atoms with Crippen LogP contribution in [0.25, 0.3) is 0 Å². The Hall–Kier alpha value is -2.25. The van der Waals surface area contributed by atoms with E-state index in [1.165, 1.54) is 24.3 Å². The minimum atomic E-state index is -3.40. The predicted octanol–water partition coefficient (Wildman–Crippen LogP) is 2.68. The molecule has 29 heavy (non-hydrogen) atoms. The van der Waals surface area contributed by atoms with Crippen LogP contribution in [-0.2, 0) is 21.1 Å². The molecular weight excluding hydrogens is 391 g/mol. The number of rotatable bonds is 7. The Morgan fingerprint density at radius 3 is 2.31 bits per heavy atom. The van der Waals surface area contributed by atoms with Gasteiger partial charge in [0.05, 0.1) is 17.1 Å². The molecule has 1 aliphatic rings. The van der Waals surface area contributed by atoms with Gasteiger partial charge in [-0.1, -0.05) is 24.3 Å². The molecule has 0 bridgehead atoms. The molecule has 1 amide bonds. The summed E-state index contributed by atoms with van der Waals surface area (Å²) in [5.74, 6) is -0.276. The molecule has 0 aromatic heterocycles. The number of carbonyl (C=O) groups is 1. The molecule has 2 aromatic rings. The van der Waals surface area contributed by atoms with E-state index in [1.807, 2.05) is 36.1 Å². The number of amides is 1. The first-order valence-electron chi connectivity index (χ1n) is 9.88. The third-order valence-corrected chi connectivity index (χ3v) is 7.20. The molecule has 0 radical (unpaired) electrons. The summed E-state index contributed by atoms with van der Waals surface area (Å²) in [4.78, 5) is 16.8. The van der Waals surface area contributed by atoms with E-state index >= 15 is 0 Å². The van der Waals surface area contributed by atoms with Crippen molar-refractivity contribution < 1.29 is 17.6 Å². The Morgan fingerprint density at radius 1 is 1.00 bits per heavy atom. The van der Waals surface area contributed by atoms with Crippen molar-refractivity contribution in [1.29, 1.82) is 0 Å². The fraction of sp³-hybridized carbons (Fsp3) is 0.409. The molecule has 0 N–H and O–H groups in total. The van der Waals surface area contributed by atoms with E-state index in [4.69, 9.17) is 0 Å². The van der Waals surface area contributed by atoms with Gasteiger partial charge < -0.3 is 4.90 Å². The standard InChI is InChI=1S/C22H27FN2O3S/c1-18-5-2-3-6-19(18)17-22(26)25-14-12-24(13-15-25)11-4-16-29(27,28)21-9-7-20(23)8-10-21/h2-3,5-10H,4,11-17H2,1H3. The van der Waals surface area contributed by atoms with Crippen molar-refractivity contribution in [2.75, 3.05) is 38.5 Å². The molecule has 1 saturated heterocycles. The van der Waals surface area contributed by atoms with Crippen molar-refractivity contribution in [1.82, 2.24) is 9.80 Å². The number of hydrogen-bond acceptors (Lipinski definition) is 4. The lowest BCUT2D eigenvalue weighted by Gasteiger charge is -2.35. The van der Waals surface area contributed by atoms with Gasteiger partial charge in [0.15, 0.2) is 9.84 Å². The summed E-state index contributed by atoms with van der Waals surface area (Å²) in [5.41, 5.74) is 2.19. The van der Waals surface area contributed by atoms with Gasteiger partial charge in [-0.2, -0.15) is 0 Å². The third-order valence-electron chi connectivity index (χ3n) is 5.39. The van der Waals surface area contributed by atoms with E-state index < -0.39 is 15.7 Å². The predicted molar refractivity (Wildman–Crippen MR) is 111 cm³/mol. The maximum Gasteiger partial charge on any atom is 0.227 e. The first kappa shape index (κ1) is 21.5. The van der Waals surface area contributed by atoms with Crippen molar-refractivity contribution in [3.8, 4) is 0 Å². The van der Waals surface area contributed by atoms with Gasteiger partial charge >= 0.3 is 0 Å². The van der Waals surface area contributed by atoms with Crippen molar-refractivity contribution in [3.05, 3.63) is 65.5 Å². The molecule has 0 spiro atoms. The van der Waals surface area contributed by atoms with Crippen LogP contribution in [-0.4, -0.2) is 62.6 Å². The molecule has 0 unspecified atom stereocenters. The minimum Gasteiger partial charge on any atom is -0.340 e. The number of benzene rings is 2. The number of aryl methyl sites for hydroxylation is 1. The Morgan fingerprint density at radius 2 is 1.66 bits per heavy atom. The summed E-state index contributed by atoms with van der Waals surface area (Å²) in [7, 11) is -3.40. The number of sulfone groups is 1. The highest BCUT2D eigenvalue weighted by molar-refractivity contribution is 7.91. The number of nitrogens with zero attached hydrogens (tertiary/aromatic N) is 2. The maximum absolute atomic E-state index is 13.0. The quantitative estimate of drug-likeness (QED) is 0.649. The summed E-state index contributed by atoms with van der Waals surface area (Å²) < 4.78 is 37.6. The Kier molecular flexibility index (Phi) is 7.03. The number of carbonyl (C=O) groups excluding carboxylic acids is 1. The Balaban J connectivity index is 1.42. The molecule has 3 rings (SSSR count). The number of halogens is 1. The van der Waals surface area contributed by atoms with E-state index in [0.717, 1.165) is 24.2 Å². The lowest BCUT2D eigenvalue weighted by Crippen LogP contribution is -2.49. The van der Waals surface area contributed by atoms with Gasteiger partial charge in [0.2, 0.25) is 5.91 Å². The molecule has 156 valence electrons. The summed E-state index contributed by atoms with van der Waals surface area (Å²) in [6.45, 7) is 5.50. The van der Waals surface area contributed by atoms with E-state index in [1.54, 1.807) is 0 Å². The first-order chi connectivity index (χ1) is 13.8. The van der Waals surface area contributed by atoms with E-state index in [-0.39, 0.29) is 16.6 Å². The second kappa shape index (κ2) is 9.50. The largest absolute Gasteiger partial charge is 0.340 e. The zero-order chi connectivity index (χ0) is 20.9. The molecule has 2 aromatic carbocycles. The van der Waals surface area contributed by atoms with Gasteiger partial charge in [0.25, 0.3) is 0 Å². The summed E-state index contributed by atoms with van der Waals surface area (Å²) in [5, 5.41) is 0. The van der Waals surface area contributed by atoms with Crippen molar-refractivity contribution in [2.45, 2.75) is 24.7 Å². The fourth-order valence-corrected chi connectivity index (χ4v) is 4.84. The SMILES string of the molecule is Cc1ccccc1CC(=O)N1CCN(CCCS(=O)(=O)c2ccc(F)cc2)CC1. The van der Waals surface area contributed by atoms with Crippen LogP contribution < -0.4 is 0 Å².